The van der Waals surface area contributed by atoms with E-state index < -0.39 is 11.9 Å². The number of ether oxygens (including phenoxy) is 1. The fourth-order valence-electron chi connectivity index (χ4n) is 2.74. The van der Waals surface area contributed by atoms with Gasteiger partial charge in [-0.3, -0.25) is 0 Å². The summed E-state index contributed by atoms with van der Waals surface area (Å²) in [6.07, 6.45) is 6.97. The monoisotopic (exact) mass is 278 g/mol. The number of carbonyl (C=O) groups is 2. The Hall–Kier alpha value is -2.24. The smallest absolute Gasteiger partial charge is 0.341 e. The lowest BCUT2D eigenvalue weighted by molar-refractivity contribution is -0.133. The van der Waals surface area contributed by atoms with E-state index in [0.29, 0.717) is 5.69 Å². The molecule has 1 heterocycles. The van der Waals surface area contributed by atoms with Crippen LogP contribution in [-0.4, -0.2) is 28.7 Å². The lowest BCUT2D eigenvalue weighted by Gasteiger charge is -2.17. The lowest BCUT2D eigenvalue weighted by Crippen LogP contribution is -2.16. The molecular formula is C14H18N2O4. The van der Waals surface area contributed by atoms with Crippen molar-refractivity contribution in [2.75, 3.05) is 7.11 Å². The molecule has 1 aromatic heterocycles. The number of hydrogen-bond donors (Lipinski definition) is 2. The highest BCUT2D eigenvalue weighted by Gasteiger charge is 2.28. The predicted molar refractivity (Wildman–Crippen MR) is 73.1 cm³/mol. The van der Waals surface area contributed by atoms with Gasteiger partial charge < -0.3 is 20.1 Å². The van der Waals surface area contributed by atoms with Gasteiger partial charge in [0.05, 0.1) is 23.9 Å². The second kappa shape index (κ2) is 5.81. The Balaban J connectivity index is 2.54. The van der Waals surface area contributed by atoms with Crippen LogP contribution in [0.5, 0.6) is 0 Å². The Bertz CT molecular complexity index is 554. The fourth-order valence-corrected chi connectivity index (χ4v) is 2.74. The minimum Gasteiger partial charge on any atom is -0.478 e. The van der Waals surface area contributed by atoms with Crippen molar-refractivity contribution in [1.82, 2.24) is 4.57 Å². The zero-order valence-corrected chi connectivity index (χ0v) is 11.3. The molecule has 1 aliphatic rings. The average Bonchev–Trinajstić information content (AvgIpc) is 3.07. The minimum absolute atomic E-state index is 0.0685. The molecule has 0 aliphatic heterocycles. The van der Waals surface area contributed by atoms with E-state index >= 15 is 0 Å². The van der Waals surface area contributed by atoms with Crippen LogP contribution in [0.3, 0.4) is 0 Å². The summed E-state index contributed by atoms with van der Waals surface area (Å²) in [5.41, 5.74) is 5.99. The first-order valence-electron chi connectivity index (χ1n) is 6.54. The highest BCUT2D eigenvalue weighted by molar-refractivity contribution is 6.18. The Kier molecular flexibility index (Phi) is 4.12. The molecule has 6 heteroatoms. The van der Waals surface area contributed by atoms with Crippen LogP contribution in [-0.2, 0) is 9.53 Å². The largest absolute Gasteiger partial charge is 0.478 e. The van der Waals surface area contributed by atoms with Gasteiger partial charge in [-0.2, -0.15) is 0 Å². The molecule has 0 atom stereocenters. The van der Waals surface area contributed by atoms with Crippen molar-refractivity contribution in [1.29, 1.82) is 0 Å². The molecule has 1 saturated carbocycles. The fraction of sp³-hybridized carbons (Fsp3) is 0.429. The van der Waals surface area contributed by atoms with Crippen molar-refractivity contribution in [3.05, 3.63) is 29.7 Å². The number of nitrogens with two attached hydrogens (primary N) is 1. The van der Waals surface area contributed by atoms with Gasteiger partial charge in [0.1, 0.15) is 0 Å². The number of aromatic nitrogens is 1. The van der Waals surface area contributed by atoms with Crippen LogP contribution in [0, 0.1) is 0 Å². The van der Waals surface area contributed by atoms with E-state index in [1.54, 1.807) is 6.20 Å². The SMILES string of the molecule is COC(=O)C(=CN)c1c(C(=O)O)ccn1C1CCCC1. The van der Waals surface area contributed by atoms with E-state index in [0.717, 1.165) is 31.9 Å². The third-order valence-corrected chi connectivity index (χ3v) is 3.69. The second-order valence-electron chi connectivity index (χ2n) is 4.80. The molecule has 108 valence electrons. The van der Waals surface area contributed by atoms with E-state index in [2.05, 4.69) is 4.74 Å². The van der Waals surface area contributed by atoms with Gasteiger partial charge in [0.2, 0.25) is 0 Å². The van der Waals surface area contributed by atoms with Crippen LogP contribution in [0.15, 0.2) is 18.5 Å². The maximum absolute atomic E-state index is 11.8. The molecule has 20 heavy (non-hydrogen) atoms. The van der Waals surface area contributed by atoms with Crippen molar-refractivity contribution in [3.63, 3.8) is 0 Å². The molecule has 6 nitrogen and oxygen atoms in total. The van der Waals surface area contributed by atoms with Gasteiger partial charge in [-0.05, 0) is 18.9 Å². The maximum Gasteiger partial charge on any atom is 0.341 e. The topological polar surface area (TPSA) is 94.6 Å². The highest BCUT2D eigenvalue weighted by atomic mass is 16.5. The van der Waals surface area contributed by atoms with Crippen LogP contribution in [0.2, 0.25) is 0 Å². The van der Waals surface area contributed by atoms with E-state index in [4.69, 9.17) is 5.73 Å². The molecule has 0 unspecified atom stereocenters. The van der Waals surface area contributed by atoms with Gasteiger partial charge in [0.25, 0.3) is 0 Å². The molecule has 0 aromatic carbocycles. The Morgan fingerprint density at radius 3 is 2.60 bits per heavy atom. The summed E-state index contributed by atoms with van der Waals surface area (Å²) >= 11 is 0. The average molecular weight is 278 g/mol. The molecule has 2 rings (SSSR count). The number of hydrogen-bond acceptors (Lipinski definition) is 4. The summed E-state index contributed by atoms with van der Waals surface area (Å²) in [4.78, 5) is 23.2. The summed E-state index contributed by atoms with van der Waals surface area (Å²) in [6, 6.07) is 1.71. The van der Waals surface area contributed by atoms with Gasteiger partial charge >= 0.3 is 11.9 Å². The lowest BCUT2D eigenvalue weighted by atomic mass is 10.1. The summed E-state index contributed by atoms with van der Waals surface area (Å²) in [6.45, 7) is 0. The van der Waals surface area contributed by atoms with Crippen LogP contribution < -0.4 is 5.73 Å². The number of carbonyl (C=O) groups excluding carboxylic acids is 1. The summed E-state index contributed by atoms with van der Waals surface area (Å²) in [7, 11) is 1.25. The zero-order chi connectivity index (χ0) is 14.7. The molecule has 1 fully saturated rings. The molecule has 0 radical (unpaired) electrons. The third-order valence-electron chi connectivity index (χ3n) is 3.69. The first-order valence-corrected chi connectivity index (χ1v) is 6.54. The summed E-state index contributed by atoms with van der Waals surface area (Å²) < 4.78 is 6.53. The van der Waals surface area contributed by atoms with Gasteiger partial charge in [0, 0.05) is 18.4 Å². The Morgan fingerprint density at radius 2 is 2.10 bits per heavy atom. The minimum atomic E-state index is -1.08. The molecule has 1 aliphatic carbocycles. The molecule has 0 bridgehead atoms. The number of esters is 1. The van der Waals surface area contributed by atoms with Crippen molar-refractivity contribution in [3.8, 4) is 0 Å². The van der Waals surface area contributed by atoms with Crippen LogP contribution >= 0.6 is 0 Å². The summed E-state index contributed by atoms with van der Waals surface area (Å²) in [5.74, 6) is -1.71. The van der Waals surface area contributed by atoms with Crippen molar-refractivity contribution < 1.29 is 19.4 Å². The predicted octanol–water partition coefficient (Wildman–Crippen LogP) is 1.77. The molecular weight excluding hydrogens is 260 g/mol. The Labute approximate surface area is 116 Å². The van der Waals surface area contributed by atoms with Gasteiger partial charge in [-0.1, -0.05) is 12.8 Å². The second-order valence-corrected chi connectivity index (χ2v) is 4.80. The van der Waals surface area contributed by atoms with Crippen molar-refractivity contribution in [2.45, 2.75) is 31.7 Å². The van der Waals surface area contributed by atoms with Crippen molar-refractivity contribution in [2.24, 2.45) is 5.73 Å². The number of nitrogens with zero attached hydrogens (tertiary/aromatic N) is 1. The molecule has 1 aromatic rings. The first-order chi connectivity index (χ1) is 9.60. The molecule has 0 saturated heterocycles. The highest BCUT2D eigenvalue weighted by Crippen LogP contribution is 2.34. The number of aromatic carboxylic acids is 1. The zero-order valence-electron chi connectivity index (χ0n) is 11.3. The van der Waals surface area contributed by atoms with Crippen LogP contribution in [0.4, 0.5) is 0 Å². The molecule has 3 N–H and O–H groups in total. The number of carboxylic acids is 1. The normalized spacial score (nSPS) is 16.4. The quantitative estimate of drug-likeness (QED) is 0.646. The van der Waals surface area contributed by atoms with Crippen molar-refractivity contribution >= 4 is 17.5 Å². The van der Waals surface area contributed by atoms with Gasteiger partial charge in [-0.15, -0.1) is 0 Å². The van der Waals surface area contributed by atoms with Crippen LogP contribution in [0.25, 0.3) is 5.57 Å². The van der Waals surface area contributed by atoms with Gasteiger partial charge in [-0.25, -0.2) is 9.59 Å². The number of methoxy groups -OCH3 is 1. The third kappa shape index (κ3) is 2.41. The van der Waals surface area contributed by atoms with E-state index in [9.17, 15) is 14.7 Å². The van der Waals surface area contributed by atoms with E-state index in [-0.39, 0.29) is 17.2 Å². The standard InChI is InChI=1S/C14H18N2O4/c1-20-14(19)11(8-15)12-10(13(17)18)6-7-16(12)9-4-2-3-5-9/h6-9H,2-5,15H2,1H3,(H,17,18). The molecule has 0 spiro atoms. The number of carboxylic acid groups (broad SMARTS) is 1. The number of rotatable bonds is 4. The van der Waals surface area contributed by atoms with Crippen LogP contribution in [0.1, 0.15) is 47.8 Å². The first kappa shape index (κ1) is 14.2. The van der Waals surface area contributed by atoms with Gasteiger partial charge in [0.15, 0.2) is 0 Å². The maximum atomic E-state index is 11.8. The van der Waals surface area contributed by atoms with E-state index in [1.165, 1.54) is 13.2 Å². The Morgan fingerprint density at radius 1 is 1.45 bits per heavy atom. The molecule has 0 amide bonds. The summed E-state index contributed by atoms with van der Waals surface area (Å²) in [5, 5.41) is 9.29. The van der Waals surface area contributed by atoms with E-state index in [1.807, 2.05) is 4.57 Å².